The van der Waals surface area contributed by atoms with Gasteiger partial charge in [0.2, 0.25) is 0 Å². The van der Waals surface area contributed by atoms with E-state index < -0.39 is 15.7 Å². The lowest BCUT2D eigenvalue weighted by Gasteiger charge is -2.12. The summed E-state index contributed by atoms with van der Waals surface area (Å²) in [4.78, 5) is 0. The molecule has 0 aliphatic heterocycles. The van der Waals surface area contributed by atoms with Gasteiger partial charge in [-0.15, -0.1) is 0 Å². The van der Waals surface area contributed by atoms with Crippen molar-refractivity contribution in [1.82, 2.24) is 0 Å². The van der Waals surface area contributed by atoms with Crippen LogP contribution in [0.1, 0.15) is 6.42 Å². The van der Waals surface area contributed by atoms with E-state index in [2.05, 4.69) is 5.32 Å². The van der Waals surface area contributed by atoms with E-state index >= 15 is 0 Å². The third-order valence-electron chi connectivity index (χ3n) is 2.26. The Balaban J connectivity index is 2.71. The summed E-state index contributed by atoms with van der Waals surface area (Å²) in [5.74, 6) is -0.710. The molecule has 0 aliphatic carbocycles. The van der Waals surface area contributed by atoms with E-state index in [4.69, 9.17) is 23.1 Å². The molecule has 0 fully saturated rings. The molecule has 18 heavy (non-hydrogen) atoms. The highest BCUT2D eigenvalue weighted by Crippen LogP contribution is 2.33. The molecule has 1 aromatic carbocycles. The number of nitrogens with one attached hydrogen (secondary N) is 1. The van der Waals surface area contributed by atoms with Crippen molar-refractivity contribution >= 4 is 38.5 Å². The zero-order chi connectivity index (χ0) is 13.9. The van der Waals surface area contributed by atoms with Crippen LogP contribution < -0.4 is 16.8 Å². The van der Waals surface area contributed by atoms with Crippen LogP contribution in [-0.2, 0) is 9.84 Å². The molecule has 8 heteroatoms. The summed E-state index contributed by atoms with van der Waals surface area (Å²) < 4.78 is 35.5. The molecule has 0 heterocycles. The molecule has 102 valence electrons. The average Bonchev–Trinajstić information content (AvgIpc) is 2.23. The van der Waals surface area contributed by atoms with Crippen LogP contribution in [0.4, 0.5) is 21.5 Å². The largest absolute Gasteiger partial charge is 0.397 e. The summed E-state index contributed by atoms with van der Waals surface area (Å²) in [6.07, 6.45) is 1.49. The van der Waals surface area contributed by atoms with Crippen LogP contribution in [0.15, 0.2) is 6.07 Å². The molecular weight excluding hydrogens is 281 g/mol. The highest BCUT2D eigenvalue weighted by molar-refractivity contribution is 7.90. The molecule has 0 aliphatic rings. The fourth-order valence-corrected chi connectivity index (χ4v) is 2.21. The van der Waals surface area contributed by atoms with Crippen molar-refractivity contribution in [3.05, 3.63) is 16.9 Å². The third-order valence-corrected chi connectivity index (χ3v) is 3.67. The first-order chi connectivity index (χ1) is 8.22. The fraction of sp³-hybridized carbons (Fsp3) is 0.400. The number of nitrogens with two attached hydrogens (primary N) is 2. The lowest BCUT2D eigenvalue weighted by Crippen LogP contribution is -2.12. The van der Waals surface area contributed by atoms with Crippen LogP contribution in [0, 0.1) is 5.82 Å². The first-order valence-electron chi connectivity index (χ1n) is 5.17. The molecule has 1 rings (SSSR count). The Morgan fingerprint density at radius 3 is 2.56 bits per heavy atom. The minimum atomic E-state index is -3.02. The Morgan fingerprint density at radius 2 is 2.00 bits per heavy atom. The molecule has 5 nitrogen and oxygen atoms in total. The van der Waals surface area contributed by atoms with Crippen LogP contribution in [0.3, 0.4) is 0 Å². The molecule has 0 radical (unpaired) electrons. The van der Waals surface area contributed by atoms with Crippen molar-refractivity contribution in [1.29, 1.82) is 0 Å². The van der Waals surface area contributed by atoms with Gasteiger partial charge in [0.05, 0.1) is 22.8 Å². The zero-order valence-corrected chi connectivity index (χ0v) is 11.4. The lowest BCUT2D eigenvalue weighted by atomic mass is 10.2. The Kier molecular flexibility index (Phi) is 4.64. The molecule has 0 bridgehead atoms. The summed E-state index contributed by atoms with van der Waals surface area (Å²) in [7, 11) is -3.02. The predicted octanol–water partition coefficient (Wildman–Crippen LogP) is 1.49. The predicted molar refractivity (Wildman–Crippen MR) is 73.1 cm³/mol. The smallest absolute Gasteiger partial charge is 0.169 e. The van der Waals surface area contributed by atoms with Crippen molar-refractivity contribution in [2.75, 3.05) is 35.3 Å². The number of sulfone groups is 1. The van der Waals surface area contributed by atoms with Crippen LogP contribution in [0.25, 0.3) is 0 Å². The summed E-state index contributed by atoms with van der Waals surface area (Å²) in [5.41, 5.74) is 11.3. The molecule has 0 saturated carbocycles. The van der Waals surface area contributed by atoms with Gasteiger partial charge in [-0.3, -0.25) is 0 Å². The van der Waals surface area contributed by atoms with Gasteiger partial charge in [-0.25, -0.2) is 12.8 Å². The number of anilines is 3. The molecule has 0 unspecified atom stereocenters. The van der Waals surface area contributed by atoms with Gasteiger partial charge in [0.25, 0.3) is 0 Å². The van der Waals surface area contributed by atoms with Crippen LogP contribution in [0.5, 0.6) is 0 Å². The topological polar surface area (TPSA) is 98.2 Å². The average molecular weight is 296 g/mol. The first-order valence-corrected chi connectivity index (χ1v) is 7.60. The van der Waals surface area contributed by atoms with Gasteiger partial charge in [-0.2, -0.15) is 0 Å². The number of rotatable bonds is 5. The highest BCUT2D eigenvalue weighted by atomic mass is 35.5. The van der Waals surface area contributed by atoms with Crippen molar-refractivity contribution < 1.29 is 12.8 Å². The standard InChI is InChI=1S/C10H15ClFN3O2S/c1-18(16,17)4-2-3-15-10-7(14)5-6(13)8(11)9(10)12/h5,15H,2-4,13-14H2,1H3. The minimum Gasteiger partial charge on any atom is -0.397 e. The number of nitrogen functional groups attached to an aromatic ring is 2. The molecule has 0 amide bonds. The third kappa shape index (κ3) is 3.92. The molecular formula is C10H15ClFN3O2S. The maximum atomic E-state index is 13.7. The quantitative estimate of drug-likeness (QED) is 0.565. The summed E-state index contributed by atoms with van der Waals surface area (Å²) >= 11 is 5.65. The van der Waals surface area contributed by atoms with Crippen LogP contribution in [-0.4, -0.2) is 27.0 Å². The second-order valence-electron chi connectivity index (χ2n) is 3.97. The number of benzene rings is 1. The van der Waals surface area contributed by atoms with Gasteiger partial charge in [-0.1, -0.05) is 11.6 Å². The zero-order valence-electron chi connectivity index (χ0n) is 9.83. The number of halogens is 2. The van der Waals surface area contributed by atoms with E-state index in [0.29, 0.717) is 6.42 Å². The normalized spacial score (nSPS) is 11.5. The molecule has 1 aromatic rings. The first kappa shape index (κ1) is 14.8. The van der Waals surface area contributed by atoms with Crippen molar-refractivity contribution in [3.8, 4) is 0 Å². The van der Waals surface area contributed by atoms with Gasteiger partial charge in [-0.05, 0) is 12.5 Å². The van der Waals surface area contributed by atoms with E-state index in [1.807, 2.05) is 0 Å². The van der Waals surface area contributed by atoms with E-state index in [-0.39, 0.29) is 34.4 Å². The minimum absolute atomic E-state index is 0.0181. The van der Waals surface area contributed by atoms with Crippen molar-refractivity contribution in [2.45, 2.75) is 6.42 Å². The summed E-state index contributed by atoms with van der Waals surface area (Å²) in [6.45, 7) is 0.272. The van der Waals surface area contributed by atoms with E-state index in [1.54, 1.807) is 0 Å². The molecule has 0 spiro atoms. The van der Waals surface area contributed by atoms with Gasteiger partial charge >= 0.3 is 0 Å². The number of hydrogen-bond donors (Lipinski definition) is 3. The van der Waals surface area contributed by atoms with Gasteiger partial charge in [0.1, 0.15) is 14.9 Å². The lowest BCUT2D eigenvalue weighted by molar-refractivity contribution is 0.600. The Labute approximate surface area is 110 Å². The maximum Gasteiger partial charge on any atom is 0.169 e. The Hall–Kier alpha value is -1.21. The van der Waals surface area contributed by atoms with E-state index in [9.17, 15) is 12.8 Å². The highest BCUT2D eigenvalue weighted by Gasteiger charge is 2.13. The SMILES string of the molecule is CS(=O)(=O)CCCNc1c(N)cc(N)c(Cl)c1F. The molecule has 5 N–H and O–H groups in total. The van der Waals surface area contributed by atoms with Gasteiger partial charge in [0, 0.05) is 12.8 Å². The maximum absolute atomic E-state index is 13.7. The summed E-state index contributed by atoms with van der Waals surface area (Å²) in [5, 5.41) is 2.52. The monoisotopic (exact) mass is 295 g/mol. The van der Waals surface area contributed by atoms with Gasteiger partial charge < -0.3 is 16.8 Å². The molecule has 0 saturated heterocycles. The van der Waals surface area contributed by atoms with Crippen LogP contribution >= 0.6 is 11.6 Å². The summed E-state index contributed by atoms with van der Waals surface area (Å²) in [6, 6.07) is 1.35. The van der Waals surface area contributed by atoms with E-state index in [1.165, 1.54) is 6.07 Å². The van der Waals surface area contributed by atoms with Crippen molar-refractivity contribution in [3.63, 3.8) is 0 Å². The Morgan fingerprint density at radius 1 is 1.39 bits per heavy atom. The molecule has 0 aromatic heterocycles. The van der Waals surface area contributed by atoms with E-state index in [0.717, 1.165) is 6.26 Å². The Bertz CT molecular complexity index is 549. The molecule has 0 atom stereocenters. The van der Waals surface area contributed by atoms with Crippen LogP contribution in [0.2, 0.25) is 5.02 Å². The van der Waals surface area contributed by atoms with Gasteiger partial charge in [0.15, 0.2) is 5.82 Å². The van der Waals surface area contributed by atoms with Crippen molar-refractivity contribution in [2.24, 2.45) is 0 Å². The number of hydrogen-bond acceptors (Lipinski definition) is 5. The second kappa shape index (κ2) is 5.62. The fourth-order valence-electron chi connectivity index (χ4n) is 1.39. The second-order valence-corrected chi connectivity index (χ2v) is 6.61.